The number of aromatic nitrogens is 1. The minimum absolute atomic E-state index is 0.185. The summed E-state index contributed by atoms with van der Waals surface area (Å²) < 4.78 is 5.05. The maximum absolute atomic E-state index is 11.9. The van der Waals surface area contributed by atoms with Crippen molar-refractivity contribution in [2.24, 2.45) is 0 Å². The van der Waals surface area contributed by atoms with Gasteiger partial charge in [0, 0.05) is 17.1 Å². The van der Waals surface area contributed by atoms with Gasteiger partial charge in [0.15, 0.2) is 6.61 Å². The number of amides is 1. The predicted molar refractivity (Wildman–Crippen MR) is 78.8 cm³/mol. The number of nitrogens with one attached hydrogen (secondary N) is 1. The van der Waals surface area contributed by atoms with Gasteiger partial charge in [-0.2, -0.15) is 0 Å². The van der Waals surface area contributed by atoms with E-state index in [2.05, 4.69) is 10.3 Å². The Balaban J connectivity index is 1.94. The SMILES string of the molecule is Cc1nc(CC(=O)Nc2cccc(OCC(=O)O)c2)cs1. The molecule has 0 aliphatic heterocycles. The number of nitrogens with zero attached hydrogens (tertiary/aromatic N) is 1. The third-order valence-electron chi connectivity index (χ3n) is 2.49. The van der Waals surface area contributed by atoms with Crippen LogP contribution in [0.5, 0.6) is 5.75 Å². The highest BCUT2D eigenvalue weighted by atomic mass is 32.1. The van der Waals surface area contributed by atoms with Gasteiger partial charge in [-0.05, 0) is 19.1 Å². The van der Waals surface area contributed by atoms with Gasteiger partial charge in [0.25, 0.3) is 0 Å². The van der Waals surface area contributed by atoms with Crippen molar-refractivity contribution in [3.8, 4) is 5.75 Å². The van der Waals surface area contributed by atoms with E-state index < -0.39 is 12.6 Å². The van der Waals surface area contributed by atoms with Crippen LogP contribution in [0.4, 0.5) is 5.69 Å². The van der Waals surface area contributed by atoms with Gasteiger partial charge in [0.1, 0.15) is 5.75 Å². The summed E-state index contributed by atoms with van der Waals surface area (Å²) in [6, 6.07) is 6.59. The number of thiazole rings is 1. The number of carbonyl (C=O) groups excluding carboxylic acids is 1. The Kier molecular flexibility index (Phi) is 4.89. The Morgan fingerprint density at radius 3 is 2.90 bits per heavy atom. The third-order valence-corrected chi connectivity index (χ3v) is 3.31. The topological polar surface area (TPSA) is 88.5 Å². The summed E-state index contributed by atoms with van der Waals surface area (Å²) >= 11 is 1.50. The van der Waals surface area contributed by atoms with Gasteiger partial charge in [-0.1, -0.05) is 6.07 Å². The molecule has 0 unspecified atom stereocenters. The molecule has 2 aromatic rings. The lowest BCUT2D eigenvalue weighted by Gasteiger charge is -2.07. The summed E-state index contributed by atoms with van der Waals surface area (Å²) in [6.45, 7) is 1.46. The highest BCUT2D eigenvalue weighted by Gasteiger charge is 2.08. The second-order valence-electron chi connectivity index (χ2n) is 4.29. The molecule has 110 valence electrons. The quantitative estimate of drug-likeness (QED) is 0.853. The number of carboxylic acids is 1. The zero-order chi connectivity index (χ0) is 15.2. The van der Waals surface area contributed by atoms with Crippen LogP contribution >= 0.6 is 11.3 Å². The molecule has 1 aromatic heterocycles. The minimum Gasteiger partial charge on any atom is -0.482 e. The summed E-state index contributed by atoms with van der Waals surface area (Å²) in [7, 11) is 0. The molecule has 0 aliphatic rings. The number of aryl methyl sites for hydroxylation is 1. The molecule has 0 bridgehead atoms. The molecule has 1 heterocycles. The van der Waals surface area contributed by atoms with E-state index in [1.165, 1.54) is 11.3 Å². The number of rotatable bonds is 6. The van der Waals surface area contributed by atoms with Gasteiger partial charge in [-0.25, -0.2) is 9.78 Å². The van der Waals surface area contributed by atoms with Gasteiger partial charge in [-0.15, -0.1) is 11.3 Å². The zero-order valence-electron chi connectivity index (χ0n) is 11.3. The van der Waals surface area contributed by atoms with E-state index in [9.17, 15) is 9.59 Å². The first-order valence-corrected chi connectivity index (χ1v) is 7.06. The molecule has 2 N–H and O–H groups in total. The summed E-state index contributed by atoms with van der Waals surface area (Å²) in [6.07, 6.45) is 0.199. The van der Waals surface area contributed by atoms with Crippen molar-refractivity contribution in [3.63, 3.8) is 0 Å². The number of aliphatic carboxylic acids is 1. The maximum atomic E-state index is 11.9. The summed E-state index contributed by atoms with van der Waals surface area (Å²) in [4.78, 5) is 26.6. The fraction of sp³-hybridized carbons (Fsp3) is 0.214. The average Bonchev–Trinajstić information content (AvgIpc) is 2.82. The van der Waals surface area contributed by atoms with Crippen LogP contribution in [0.2, 0.25) is 0 Å². The Labute approximate surface area is 125 Å². The number of hydrogen-bond acceptors (Lipinski definition) is 5. The fourth-order valence-corrected chi connectivity index (χ4v) is 2.28. The molecule has 0 atom stereocenters. The molecular formula is C14H14N2O4S. The largest absolute Gasteiger partial charge is 0.482 e. The molecular weight excluding hydrogens is 292 g/mol. The van der Waals surface area contributed by atoms with Crippen molar-refractivity contribution in [1.82, 2.24) is 4.98 Å². The predicted octanol–water partition coefficient (Wildman–Crippen LogP) is 2.10. The standard InChI is InChI=1S/C14H14N2O4S/c1-9-15-11(8-21-9)6-13(17)16-10-3-2-4-12(5-10)20-7-14(18)19/h2-5,8H,6-7H2,1H3,(H,16,17)(H,18,19). The third kappa shape index (κ3) is 4.88. The van der Waals surface area contributed by atoms with Crippen LogP contribution in [-0.2, 0) is 16.0 Å². The number of anilines is 1. The first-order valence-electron chi connectivity index (χ1n) is 6.18. The van der Waals surface area contributed by atoms with Crippen LogP contribution in [0.3, 0.4) is 0 Å². The first-order chi connectivity index (χ1) is 10.0. The molecule has 0 aliphatic carbocycles. The van der Waals surface area contributed by atoms with Crippen LogP contribution in [0, 0.1) is 6.92 Å². The lowest BCUT2D eigenvalue weighted by Crippen LogP contribution is -2.15. The van der Waals surface area contributed by atoms with Crippen molar-refractivity contribution in [3.05, 3.63) is 40.3 Å². The molecule has 0 spiro atoms. The van der Waals surface area contributed by atoms with E-state index in [0.717, 1.165) is 10.7 Å². The van der Waals surface area contributed by atoms with Crippen LogP contribution in [0.15, 0.2) is 29.6 Å². The van der Waals surface area contributed by atoms with Gasteiger partial charge < -0.3 is 15.2 Å². The fourth-order valence-electron chi connectivity index (χ4n) is 1.67. The Bertz CT molecular complexity index is 654. The minimum atomic E-state index is -1.05. The van der Waals surface area contributed by atoms with E-state index in [-0.39, 0.29) is 12.3 Å². The lowest BCUT2D eigenvalue weighted by molar-refractivity contribution is -0.139. The number of benzene rings is 1. The van der Waals surface area contributed by atoms with Crippen LogP contribution in [0.25, 0.3) is 0 Å². The highest BCUT2D eigenvalue weighted by molar-refractivity contribution is 7.09. The number of hydrogen-bond donors (Lipinski definition) is 2. The summed E-state index contributed by atoms with van der Waals surface area (Å²) in [5.74, 6) is -0.848. The zero-order valence-corrected chi connectivity index (χ0v) is 12.1. The van der Waals surface area contributed by atoms with E-state index in [4.69, 9.17) is 9.84 Å². The van der Waals surface area contributed by atoms with Crippen molar-refractivity contribution < 1.29 is 19.4 Å². The second-order valence-corrected chi connectivity index (χ2v) is 5.36. The number of ether oxygens (including phenoxy) is 1. The molecule has 0 saturated heterocycles. The molecule has 7 heteroatoms. The maximum Gasteiger partial charge on any atom is 0.341 e. The second kappa shape index (κ2) is 6.85. The molecule has 1 aromatic carbocycles. The molecule has 21 heavy (non-hydrogen) atoms. The summed E-state index contributed by atoms with van der Waals surface area (Å²) in [5.41, 5.74) is 1.28. The smallest absolute Gasteiger partial charge is 0.341 e. The molecule has 0 saturated carbocycles. The summed E-state index contributed by atoms with van der Waals surface area (Å²) in [5, 5.41) is 14.0. The van der Waals surface area contributed by atoms with Crippen molar-refractivity contribution in [2.75, 3.05) is 11.9 Å². The number of carbonyl (C=O) groups is 2. The van der Waals surface area contributed by atoms with Crippen LogP contribution in [0.1, 0.15) is 10.7 Å². The van der Waals surface area contributed by atoms with Gasteiger partial charge >= 0.3 is 5.97 Å². The molecule has 6 nitrogen and oxygen atoms in total. The molecule has 0 fully saturated rings. The first kappa shape index (κ1) is 15.0. The van der Waals surface area contributed by atoms with Gasteiger partial charge in [0.2, 0.25) is 5.91 Å². The molecule has 1 amide bonds. The van der Waals surface area contributed by atoms with E-state index in [0.29, 0.717) is 11.4 Å². The van der Waals surface area contributed by atoms with Gasteiger partial charge in [-0.3, -0.25) is 4.79 Å². The van der Waals surface area contributed by atoms with E-state index in [1.54, 1.807) is 24.3 Å². The molecule has 2 rings (SSSR count). The molecule has 0 radical (unpaired) electrons. The Hall–Kier alpha value is -2.41. The Morgan fingerprint density at radius 2 is 2.24 bits per heavy atom. The van der Waals surface area contributed by atoms with Crippen molar-refractivity contribution >= 4 is 28.9 Å². The highest BCUT2D eigenvalue weighted by Crippen LogP contribution is 2.18. The van der Waals surface area contributed by atoms with Crippen LogP contribution < -0.4 is 10.1 Å². The Morgan fingerprint density at radius 1 is 1.43 bits per heavy atom. The van der Waals surface area contributed by atoms with Gasteiger partial charge in [0.05, 0.1) is 17.1 Å². The van der Waals surface area contributed by atoms with Crippen LogP contribution in [-0.4, -0.2) is 28.6 Å². The van der Waals surface area contributed by atoms with Crippen molar-refractivity contribution in [1.29, 1.82) is 0 Å². The van der Waals surface area contributed by atoms with E-state index in [1.807, 2.05) is 12.3 Å². The lowest BCUT2D eigenvalue weighted by atomic mass is 10.2. The van der Waals surface area contributed by atoms with E-state index >= 15 is 0 Å². The normalized spacial score (nSPS) is 10.1. The van der Waals surface area contributed by atoms with Crippen molar-refractivity contribution in [2.45, 2.75) is 13.3 Å². The average molecular weight is 306 g/mol. The monoisotopic (exact) mass is 306 g/mol. The number of carboxylic acid groups (broad SMARTS) is 1.